The molecule has 0 unspecified atom stereocenters. The summed E-state index contributed by atoms with van der Waals surface area (Å²) in [6, 6.07) is 18.8. The molecule has 0 atom stereocenters. The highest BCUT2D eigenvalue weighted by molar-refractivity contribution is 6.07. The summed E-state index contributed by atoms with van der Waals surface area (Å²) in [5.74, 6) is 0.0774. The summed E-state index contributed by atoms with van der Waals surface area (Å²) < 4.78 is 0. The molecular weight excluding hydrogens is 298 g/mol. The summed E-state index contributed by atoms with van der Waals surface area (Å²) >= 11 is 0. The molecule has 0 radical (unpaired) electrons. The number of hydrogen-bond donors (Lipinski definition) is 1. The Bertz CT molecular complexity index is 909. The smallest absolute Gasteiger partial charge is 0.185 e. The number of phenolic OH excluding ortho intramolecular Hbond substituents is 1. The molecule has 3 rings (SSSR count). The molecule has 3 aromatic carbocycles. The third-order valence-electron chi connectivity index (χ3n) is 3.98. The van der Waals surface area contributed by atoms with Crippen LogP contribution >= 0.6 is 0 Å². The molecule has 0 fully saturated rings. The number of fused-ring (bicyclic) bond motifs is 1. The Morgan fingerprint density at radius 2 is 1.58 bits per heavy atom. The standard InChI is InChI=1S/C21H19NO2/c1-22(2)19-10-7-15(8-11-19)20(23)12-9-18-13-16-5-3-4-6-17(16)14-21(18)24/h3-14,24H,1-2H3/b12-9+. The maximum Gasteiger partial charge on any atom is 0.185 e. The van der Waals surface area contributed by atoms with E-state index < -0.39 is 0 Å². The SMILES string of the molecule is CN(C)c1ccc(C(=O)/C=C/c2cc3ccccc3cc2O)cc1. The van der Waals surface area contributed by atoms with Crippen LogP contribution in [0, 0.1) is 0 Å². The van der Waals surface area contributed by atoms with Gasteiger partial charge in [-0.05, 0) is 59.3 Å². The highest BCUT2D eigenvalue weighted by Gasteiger charge is 2.05. The number of phenols is 1. The summed E-state index contributed by atoms with van der Waals surface area (Å²) in [7, 11) is 3.92. The summed E-state index contributed by atoms with van der Waals surface area (Å²) in [6.07, 6.45) is 3.15. The van der Waals surface area contributed by atoms with E-state index in [4.69, 9.17) is 0 Å². The predicted molar refractivity (Wildman–Crippen MR) is 99.7 cm³/mol. The fourth-order valence-corrected chi connectivity index (χ4v) is 2.56. The second-order valence-electron chi connectivity index (χ2n) is 5.90. The van der Waals surface area contributed by atoms with Gasteiger partial charge in [0.1, 0.15) is 5.75 Å². The van der Waals surface area contributed by atoms with Crippen molar-refractivity contribution >= 4 is 28.3 Å². The normalized spacial score (nSPS) is 11.1. The van der Waals surface area contributed by atoms with Gasteiger partial charge in [0, 0.05) is 30.9 Å². The van der Waals surface area contributed by atoms with Crippen LogP contribution in [0.5, 0.6) is 5.75 Å². The van der Waals surface area contributed by atoms with Gasteiger partial charge in [0.2, 0.25) is 0 Å². The van der Waals surface area contributed by atoms with Crippen molar-refractivity contribution in [2.24, 2.45) is 0 Å². The number of nitrogens with zero attached hydrogens (tertiary/aromatic N) is 1. The molecule has 0 aliphatic heterocycles. The van der Waals surface area contributed by atoms with Crippen molar-refractivity contribution in [3.8, 4) is 5.75 Å². The van der Waals surface area contributed by atoms with Crippen molar-refractivity contribution in [1.29, 1.82) is 0 Å². The van der Waals surface area contributed by atoms with Gasteiger partial charge in [-0.25, -0.2) is 0 Å². The van der Waals surface area contributed by atoms with Gasteiger partial charge in [-0.3, -0.25) is 4.79 Å². The van der Waals surface area contributed by atoms with Crippen molar-refractivity contribution in [3.05, 3.63) is 77.9 Å². The number of hydrogen-bond acceptors (Lipinski definition) is 3. The van der Waals surface area contributed by atoms with Gasteiger partial charge in [0.05, 0.1) is 0 Å². The lowest BCUT2D eigenvalue weighted by Crippen LogP contribution is -2.08. The maximum atomic E-state index is 12.3. The second-order valence-corrected chi connectivity index (χ2v) is 5.90. The van der Waals surface area contributed by atoms with Gasteiger partial charge in [-0.15, -0.1) is 0 Å². The molecule has 24 heavy (non-hydrogen) atoms. The molecule has 3 heteroatoms. The molecule has 0 aliphatic carbocycles. The van der Waals surface area contributed by atoms with E-state index in [0.717, 1.165) is 16.5 Å². The van der Waals surface area contributed by atoms with E-state index in [1.54, 1.807) is 12.1 Å². The molecule has 0 heterocycles. The lowest BCUT2D eigenvalue weighted by Gasteiger charge is -2.11. The van der Waals surface area contributed by atoms with Crippen molar-refractivity contribution in [1.82, 2.24) is 0 Å². The third-order valence-corrected chi connectivity index (χ3v) is 3.98. The monoisotopic (exact) mass is 317 g/mol. The third kappa shape index (κ3) is 3.30. The second kappa shape index (κ2) is 6.59. The molecular formula is C21H19NO2. The first-order valence-electron chi connectivity index (χ1n) is 7.76. The summed E-state index contributed by atoms with van der Waals surface area (Å²) in [6.45, 7) is 0. The van der Waals surface area contributed by atoms with E-state index in [-0.39, 0.29) is 11.5 Å². The zero-order valence-electron chi connectivity index (χ0n) is 13.7. The van der Waals surface area contributed by atoms with E-state index in [0.29, 0.717) is 11.1 Å². The van der Waals surface area contributed by atoms with Gasteiger partial charge in [0.15, 0.2) is 5.78 Å². The van der Waals surface area contributed by atoms with Crippen molar-refractivity contribution in [2.45, 2.75) is 0 Å². The van der Waals surface area contributed by atoms with Crippen molar-refractivity contribution in [2.75, 3.05) is 19.0 Å². The van der Waals surface area contributed by atoms with Crippen LogP contribution in [0.1, 0.15) is 15.9 Å². The minimum atomic E-state index is -0.0899. The molecule has 0 saturated heterocycles. The zero-order valence-corrected chi connectivity index (χ0v) is 13.7. The molecule has 120 valence electrons. The topological polar surface area (TPSA) is 40.5 Å². The van der Waals surface area contributed by atoms with Crippen LogP contribution < -0.4 is 4.90 Å². The Balaban J connectivity index is 1.84. The van der Waals surface area contributed by atoms with Crippen molar-refractivity contribution < 1.29 is 9.90 Å². The Morgan fingerprint density at radius 1 is 0.958 bits per heavy atom. The number of ketones is 1. The average molecular weight is 317 g/mol. The molecule has 3 nitrogen and oxygen atoms in total. The average Bonchev–Trinajstić information content (AvgIpc) is 2.59. The Morgan fingerprint density at radius 3 is 2.21 bits per heavy atom. The first kappa shape index (κ1) is 15.8. The van der Waals surface area contributed by atoms with Crippen LogP contribution in [0.15, 0.2) is 66.7 Å². The van der Waals surface area contributed by atoms with E-state index >= 15 is 0 Å². The quantitative estimate of drug-likeness (QED) is 0.568. The number of rotatable bonds is 4. The van der Waals surface area contributed by atoms with Gasteiger partial charge >= 0.3 is 0 Å². The van der Waals surface area contributed by atoms with Crippen LogP contribution in [-0.4, -0.2) is 25.0 Å². The number of carbonyl (C=O) groups excluding carboxylic acids is 1. The largest absolute Gasteiger partial charge is 0.507 e. The van der Waals surface area contributed by atoms with Gasteiger partial charge in [0.25, 0.3) is 0 Å². The van der Waals surface area contributed by atoms with E-state index in [9.17, 15) is 9.90 Å². The first-order valence-corrected chi connectivity index (χ1v) is 7.76. The minimum Gasteiger partial charge on any atom is -0.507 e. The molecule has 0 aliphatic rings. The highest BCUT2D eigenvalue weighted by atomic mass is 16.3. The molecule has 1 N–H and O–H groups in total. The summed E-state index contributed by atoms with van der Waals surface area (Å²) in [5.41, 5.74) is 2.30. The number of aromatic hydroxyl groups is 1. The minimum absolute atomic E-state index is 0.0899. The van der Waals surface area contributed by atoms with Gasteiger partial charge in [-0.1, -0.05) is 24.3 Å². The van der Waals surface area contributed by atoms with Crippen molar-refractivity contribution in [3.63, 3.8) is 0 Å². The first-order chi connectivity index (χ1) is 11.5. The maximum absolute atomic E-state index is 12.3. The Hall–Kier alpha value is -3.07. The Kier molecular flexibility index (Phi) is 4.34. The zero-order chi connectivity index (χ0) is 17.1. The molecule has 0 saturated carbocycles. The highest BCUT2D eigenvalue weighted by Crippen LogP contribution is 2.26. The molecule has 0 bridgehead atoms. The number of anilines is 1. The lowest BCUT2D eigenvalue weighted by molar-refractivity contribution is 0.104. The fraction of sp³-hybridized carbons (Fsp3) is 0.0952. The summed E-state index contributed by atoms with van der Waals surface area (Å²) in [4.78, 5) is 14.3. The number of allylic oxidation sites excluding steroid dienone is 1. The summed E-state index contributed by atoms with van der Waals surface area (Å²) in [5, 5.41) is 12.1. The van der Waals surface area contributed by atoms with Gasteiger partial charge < -0.3 is 10.0 Å². The van der Waals surface area contributed by atoms with Crippen LogP contribution in [0.4, 0.5) is 5.69 Å². The lowest BCUT2D eigenvalue weighted by atomic mass is 10.0. The van der Waals surface area contributed by atoms with Crippen LogP contribution in [0.25, 0.3) is 16.8 Å². The fourth-order valence-electron chi connectivity index (χ4n) is 2.56. The van der Waals surface area contributed by atoms with Crippen LogP contribution in [0.3, 0.4) is 0 Å². The molecule has 0 spiro atoms. The van der Waals surface area contributed by atoms with Crippen LogP contribution in [-0.2, 0) is 0 Å². The molecule has 0 amide bonds. The van der Waals surface area contributed by atoms with E-state index in [1.165, 1.54) is 6.08 Å². The number of carbonyl (C=O) groups is 1. The van der Waals surface area contributed by atoms with E-state index in [2.05, 4.69) is 0 Å². The van der Waals surface area contributed by atoms with Gasteiger partial charge in [-0.2, -0.15) is 0 Å². The van der Waals surface area contributed by atoms with E-state index in [1.807, 2.05) is 73.6 Å². The number of benzene rings is 3. The molecule has 0 aromatic heterocycles. The molecule has 3 aromatic rings. The Labute approximate surface area is 141 Å². The van der Waals surface area contributed by atoms with Crippen LogP contribution in [0.2, 0.25) is 0 Å². The predicted octanol–water partition coefficient (Wildman–Crippen LogP) is 4.51.